The molecule has 0 aliphatic carbocycles. The van der Waals surface area contributed by atoms with E-state index < -0.39 is 11.7 Å². The molecule has 0 spiro atoms. The van der Waals surface area contributed by atoms with Crippen LogP contribution in [0.3, 0.4) is 0 Å². The number of nitrogens with zero attached hydrogens (tertiary/aromatic N) is 2. The predicted molar refractivity (Wildman–Crippen MR) is 73.5 cm³/mol. The van der Waals surface area contributed by atoms with Crippen LogP contribution in [0.4, 0.5) is 18.9 Å². The summed E-state index contributed by atoms with van der Waals surface area (Å²) in [5.74, 6) is 0.711. The van der Waals surface area contributed by atoms with Crippen LogP contribution in [0.25, 0.3) is 0 Å². The molecule has 20 heavy (non-hydrogen) atoms. The minimum Gasteiger partial charge on any atom is -0.270 e. The van der Waals surface area contributed by atoms with Gasteiger partial charge in [0.15, 0.2) is 0 Å². The highest BCUT2D eigenvalue weighted by molar-refractivity contribution is 8.14. The van der Waals surface area contributed by atoms with E-state index in [4.69, 9.17) is 23.2 Å². The van der Waals surface area contributed by atoms with Crippen molar-refractivity contribution in [2.24, 2.45) is 4.99 Å². The number of thioether (sulfide) groups is 1. The summed E-state index contributed by atoms with van der Waals surface area (Å²) in [6.07, 6.45) is -4.55. The minimum atomic E-state index is -4.55. The molecule has 0 saturated carbocycles. The second-order valence-electron chi connectivity index (χ2n) is 3.75. The molecule has 0 radical (unpaired) electrons. The number of amidine groups is 1. The molecule has 2 N–H and O–H groups in total. The largest absolute Gasteiger partial charge is 0.416 e. The average molecular weight is 346 g/mol. The Morgan fingerprint density at radius 3 is 2.35 bits per heavy atom. The molecule has 0 bridgehead atoms. The number of hydrogen-bond acceptors (Lipinski definition) is 5. The molecule has 0 atom stereocenters. The molecule has 0 fully saturated rings. The van der Waals surface area contributed by atoms with Gasteiger partial charge >= 0.3 is 6.18 Å². The molecule has 1 aromatic carbocycles. The van der Waals surface area contributed by atoms with Gasteiger partial charge in [-0.05, 0) is 12.1 Å². The quantitative estimate of drug-likeness (QED) is 0.791. The highest BCUT2D eigenvalue weighted by atomic mass is 35.5. The summed E-state index contributed by atoms with van der Waals surface area (Å²) < 4.78 is 37.7. The Morgan fingerprint density at radius 2 is 1.90 bits per heavy atom. The zero-order valence-corrected chi connectivity index (χ0v) is 12.0. The van der Waals surface area contributed by atoms with E-state index in [1.165, 1.54) is 11.8 Å². The van der Waals surface area contributed by atoms with Crippen LogP contribution in [-0.2, 0) is 6.18 Å². The SMILES string of the molecule is ON(Nc1c(Cl)cc(C(F)(F)F)cc1Cl)C1=NCCS1. The number of alkyl halides is 3. The normalized spacial score (nSPS) is 15.2. The highest BCUT2D eigenvalue weighted by Crippen LogP contribution is 2.38. The van der Waals surface area contributed by atoms with E-state index >= 15 is 0 Å². The van der Waals surface area contributed by atoms with Crippen molar-refractivity contribution in [1.82, 2.24) is 5.17 Å². The van der Waals surface area contributed by atoms with Crippen LogP contribution >= 0.6 is 35.0 Å². The zero-order valence-electron chi connectivity index (χ0n) is 9.71. The lowest BCUT2D eigenvalue weighted by molar-refractivity contribution is -0.137. The molecule has 4 nitrogen and oxygen atoms in total. The van der Waals surface area contributed by atoms with E-state index in [1.807, 2.05) is 0 Å². The van der Waals surface area contributed by atoms with Crippen LogP contribution in [0, 0.1) is 0 Å². The topological polar surface area (TPSA) is 47.9 Å². The Balaban J connectivity index is 2.24. The number of benzene rings is 1. The van der Waals surface area contributed by atoms with Crippen molar-refractivity contribution in [3.05, 3.63) is 27.7 Å². The van der Waals surface area contributed by atoms with Gasteiger partial charge in [-0.15, -0.1) is 5.17 Å². The highest BCUT2D eigenvalue weighted by Gasteiger charge is 2.32. The predicted octanol–water partition coefficient (Wildman–Crippen LogP) is 4.13. The maximum absolute atomic E-state index is 12.6. The Kier molecular flexibility index (Phi) is 4.58. The summed E-state index contributed by atoms with van der Waals surface area (Å²) in [5.41, 5.74) is 1.41. The van der Waals surface area contributed by atoms with Crippen molar-refractivity contribution in [3.8, 4) is 0 Å². The summed E-state index contributed by atoms with van der Waals surface area (Å²) in [6.45, 7) is 0.549. The smallest absolute Gasteiger partial charge is 0.270 e. The molecule has 1 aromatic rings. The Morgan fingerprint density at radius 1 is 1.30 bits per heavy atom. The first-order valence-corrected chi connectivity index (χ1v) is 7.02. The van der Waals surface area contributed by atoms with Gasteiger partial charge in [-0.2, -0.15) is 13.2 Å². The van der Waals surface area contributed by atoms with Crippen LogP contribution in [0.2, 0.25) is 10.0 Å². The first-order chi connectivity index (χ1) is 9.29. The molecule has 0 aromatic heterocycles. The van der Waals surface area contributed by atoms with Crippen molar-refractivity contribution >= 4 is 45.8 Å². The second kappa shape index (κ2) is 5.88. The molecule has 0 unspecified atom stereocenters. The summed E-state index contributed by atoms with van der Waals surface area (Å²) in [5, 5.41) is 10.1. The van der Waals surface area contributed by atoms with E-state index in [0.29, 0.717) is 17.5 Å². The van der Waals surface area contributed by atoms with Crippen molar-refractivity contribution in [3.63, 3.8) is 0 Å². The van der Waals surface area contributed by atoms with Crippen LogP contribution in [0.15, 0.2) is 17.1 Å². The van der Waals surface area contributed by atoms with Crippen LogP contribution in [-0.4, -0.2) is 27.8 Å². The Bertz CT molecular complexity index is 530. The monoisotopic (exact) mass is 345 g/mol. The molecule has 1 aliphatic rings. The van der Waals surface area contributed by atoms with Gasteiger partial charge in [-0.25, -0.2) is 0 Å². The van der Waals surface area contributed by atoms with E-state index in [1.54, 1.807) is 0 Å². The fourth-order valence-electron chi connectivity index (χ4n) is 1.45. The third kappa shape index (κ3) is 3.43. The lowest BCUT2D eigenvalue weighted by Crippen LogP contribution is -2.30. The van der Waals surface area contributed by atoms with Gasteiger partial charge in [0.05, 0.1) is 27.8 Å². The second-order valence-corrected chi connectivity index (χ2v) is 5.63. The third-order valence-corrected chi connectivity index (χ3v) is 3.88. The average Bonchev–Trinajstić information content (AvgIpc) is 2.85. The van der Waals surface area contributed by atoms with Crippen LogP contribution in [0.5, 0.6) is 0 Å². The number of hydrogen-bond donors (Lipinski definition) is 2. The Labute approximate surface area is 126 Å². The van der Waals surface area contributed by atoms with Crippen molar-refractivity contribution in [1.29, 1.82) is 0 Å². The summed E-state index contributed by atoms with van der Waals surface area (Å²) in [7, 11) is 0. The summed E-state index contributed by atoms with van der Waals surface area (Å²) in [4.78, 5) is 3.97. The molecule has 110 valence electrons. The van der Waals surface area contributed by atoms with Gasteiger partial charge in [-0.3, -0.25) is 15.6 Å². The van der Waals surface area contributed by atoms with Crippen molar-refractivity contribution < 1.29 is 18.4 Å². The number of hydrazine groups is 1. The van der Waals surface area contributed by atoms with E-state index in [0.717, 1.165) is 12.1 Å². The summed E-state index contributed by atoms with van der Waals surface area (Å²) >= 11 is 12.8. The van der Waals surface area contributed by atoms with E-state index in [-0.39, 0.29) is 20.9 Å². The number of halogens is 5. The van der Waals surface area contributed by atoms with Crippen molar-refractivity contribution in [2.75, 3.05) is 17.7 Å². The van der Waals surface area contributed by atoms with Gasteiger partial charge in [0.1, 0.15) is 0 Å². The maximum atomic E-state index is 12.6. The lowest BCUT2D eigenvalue weighted by atomic mass is 10.2. The molecule has 1 heterocycles. The molecule has 1 aliphatic heterocycles. The van der Waals surface area contributed by atoms with Gasteiger partial charge < -0.3 is 0 Å². The fraction of sp³-hybridized carbons (Fsp3) is 0.300. The molecular weight excluding hydrogens is 338 g/mol. The zero-order chi connectivity index (χ0) is 14.9. The van der Waals surface area contributed by atoms with Gasteiger partial charge in [0.25, 0.3) is 0 Å². The number of rotatable bonds is 2. The first-order valence-electron chi connectivity index (χ1n) is 5.28. The Hall–Kier alpha value is -0.830. The molecule has 2 rings (SSSR count). The van der Waals surface area contributed by atoms with Crippen molar-refractivity contribution in [2.45, 2.75) is 6.18 Å². The minimum absolute atomic E-state index is 0.0287. The lowest BCUT2D eigenvalue weighted by Gasteiger charge is -2.20. The number of nitrogens with one attached hydrogen (secondary N) is 1. The third-order valence-electron chi connectivity index (χ3n) is 2.34. The number of anilines is 1. The summed E-state index contributed by atoms with van der Waals surface area (Å²) in [6, 6.07) is 1.46. The standard InChI is InChI=1S/C10H8Cl2F3N3OS/c11-6-3-5(10(13,14)15)4-7(12)8(6)17-18(19)9-16-1-2-20-9/h3-4,17,19H,1-2H2. The van der Waals surface area contributed by atoms with Crippen LogP contribution in [0.1, 0.15) is 5.56 Å². The van der Waals surface area contributed by atoms with Gasteiger partial charge in [0, 0.05) is 5.75 Å². The van der Waals surface area contributed by atoms with E-state index in [9.17, 15) is 18.4 Å². The maximum Gasteiger partial charge on any atom is 0.416 e. The molecule has 0 amide bonds. The molecule has 10 heteroatoms. The van der Waals surface area contributed by atoms with Crippen LogP contribution < -0.4 is 5.43 Å². The molecular formula is C10H8Cl2F3N3OS. The fourth-order valence-corrected chi connectivity index (χ4v) is 2.74. The van der Waals surface area contributed by atoms with Gasteiger partial charge in [0.2, 0.25) is 5.17 Å². The van der Waals surface area contributed by atoms with E-state index in [2.05, 4.69) is 10.4 Å². The number of aliphatic imine (C=N–C) groups is 1. The van der Waals surface area contributed by atoms with Gasteiger partial charge in [-0.1, -0.05) is 35.0 Å². The first kappa shape index (κ1) is 15.6. The number of hydroxylamine groups is 1. The molecule has 0 saturated heterocycles.